The number of anilines is 2. The summed E-state index contributed by atoms with van der Waals surface area (Å²) in [6.07, 6.45) is 10.0. The Balaban J connectivity index is 1.01. The Hall–Kier alpha value is -7.16. The second-order valence-corrected chi connectivity index (χ2v) is 19.6. The number of rotatable bonds is 11. The number of carbonyl (C=O) groups excluding carboxylic acids is 4. The standard InChI is InChI=1S/C54H49ClN4O9S/c1-28-37-25-32(55)13-21-45(37)69-49(28)41-27-46(57(3)56-41)59-51(62)40-26-38-35(39(54(40,2)53(59)64)19-11-30-22-43(67-6)48(60)44(23-30)68-7)17-18-36-47(38)52(63)58(50(36)61)33-14-9-29(10-15-33)8-12-31-24-34(65-4)16-20-42(31)66-5/h8-17,19-25,27,36,38-40,47,60H,18,26H2,1-7H3. The van der Waals surface area contributed by atoms with E-state index in [1.807, 2.05) is 92.8 Å². The number of allylic oxidation sites excluding steroid dienone is 3. The van der Waals surface area contributed by atoms with Crippen molar-refractivity contribution in [3.05, 3.63) is 124 Å². The van der Waals surface area contributed by atoms with Crippen molar-refractivity contribution in [2.75, 3.05) is 38.2 Å². The summed E-state index contributed by atoms with van der Waals surface area (Å²) in [4.78, 5) is 63.2. The maximum absolute atomic E-state index is 15.3. The van der Waals surface area contributed by atoms with Crippen LogP contribution in [0.25, 0.3) is 38.9 Å². The molecule has 2 aromatic heterocycles. The highest BCUT2D eigenvalue weighted by Gasteiger charge is 2.67. The van der Waals surface area contributed by atoms with Gasteiger partial charge in [-0.05, 0) is 115 Å². The van der Waals surface area contributed by atoms with Crippen molar-refractivity contribution in [1.29, 1.82) is 0 Å². The highest BCUT2D eigenvalue weighted by atomic mass is 35.5. The van der Waals surface area contributed by atoms with Crippen LogP contribution in [0.4, 0.5) is 11.5 Å². The van der Waals surface area contributed by atoms with E-state index in [2.05, 4.69) is 0 Å². The van der Waals surface area contributed by atoms with Crippen molar-refractivity contribution in [3.63, 3.8) is 0 Å². The van der Waals surface area contributed by atoms with Gasteiger partial charge < -0.3 is 24.1 Å². The van der Waals surface area contributed by atoms with E-state index >= 15 is 9.59 Å². The number of fused-ring (bicyclic) bond motifs is 5. The van der Waals surface area contributed by atoms with Crippen molar-refractivity contribution in [1.82, 2.24) is 9.78 Å². The molecule has 1 saturated carbocycles. The summed E-state index contributed by atoms with van der Waals surface area (Å²) >= 11 is 7.93. The molecule has 0 spiro atoms. The third-order valence-corrected chi connectivity index (χ3v) is 16.1. The van der Waals surface area contributed by atoms with Gasteiger partial charge in [-0.2, -0.15) is 5.10 Å². The molecule has 3 fully saturated rings. The van der Waals surface area contributed by atoms with Crippen LogP contribution in [0.15, 0.2) is 96.6 Å². The minimum Gasteiger partial charge on any atom is -0.502 e. The number of halogens is 1. The number of thiophene rings is 1. The van der Waals surface area contributed by atoms with Crippen LogP contribution in [0.1, 0.15) is 42.0 Å². The number of benzene rings is 4. The minimum atomic E-state index is -1.30. The lowest BCUT2D eigenvalue weighted by Crippen LogP contribution is -2.49. The van der Waals surface area contributed by atoms with Gasteiger partial charge in [-0.3, -0.25) is 28.8 Å². The fourth-order valence-corrected chi connectivity index (χ4v) is 12.3. The zero-order valence-corrected chi connectivity index (χ0v) is 40.6. The lowest BCUT2D eigenvalue weighted by atomic mass is 9.52. The molecule has 4 amide bonds. The first-order valence-corrected chi connectivity index (χ1v) is 23.7. The number of hydrogen-bond donors (Lipinski definition) is 1. The summed E-state index contributed by atoms with van der Waals surface area (Å²) in [6, 6.07) is 23.6. The molecular weight excluding hydrogens is 916 g/mol. The predicted molar refractivity (Wildman–Crippen MR) is 267 cm³/mol. The summed E-state index contributed by atoms with van der Waals surface area (Å²) in [6.45, 7) is 3.84. The number of ether oxygens (including phenoxy) is 4. The second-order valence-electron chi connectivity index (χ2n) is 18.1. The van der Waals surface area contributed by atoms with Gasteiger partial charge in [0.25, 0.3) is 0 Å². The van der Waals surface area contributed by atoms with Crippen LogP contribution in [0.5, 0.6) is 28.7 Å². The molecule has 0 radical (unpaired) electrons. The van der Waals surface area contributed by atoms with E-state index in [0.29, 0.717) is 39.3 Å². The average Bonchev–Trinajstić information content (AvgIpc) is 4.03. The Morgan fingerprint density at radius 3 is 2.20 bits per heavy atom. The molecular formula is C54H49ClN4O9S. The second kappa shape index (κ2) is 17.4. The van der Waals surface area contributed by atoms with Gasteiger partial charge >= 0.3 is 0 Å². The molecule has 6 atom stereocenters. The molecule has 10 rings (SSSR count). The van der Waals surface area contributed by atoms with Crippen molar-refractivity contribution in [2.24, 2.45) is 42.1 Å². The molecule has 2 aliphatic carbocycles. The SMILES string of the molecule is COc1ccc(OC)c(C=Cc2ccc(N3C(=O)C4CC=C5C(CC6C(=O)N(c7cc(-c8sc9ccc(Cl)cc9c8C)nn7C)C(=O)C6(C)C5C=Cc5cc(OC)c(O)c(OC)c5)C4C3=O)cc2)c1. The van der Waals surface area contributed by atoms with E-state index < -0.39 is 46.8 Å². The molecule has 2 aliphatic heterocycles. The van der Waals surface area contributed by atoms with Crippen LogP contribution in [0, 0.1) is 41.9 Å². The van der Waals surface area contributed by atoms with Crippen LogP contribution in [0.2, 0.25) is 5.02 Å². The summed E-state index contributed by atoms with van der Waals surface area (Å²) in [7, 11) is 7.81. The van der Waals surface area contributed by atoms with Crippen LogP contribution in [-0.2, 0) is 26.2 Å². The Morgan fingerprint density at radius 1 is 0.783 bits per heavy atom. The molecule has 352 valence electrons. The number of aromatic nitrogens is 2. The molecule has 2 saturated heterocycles. The van der Waals surface area contributed by atoms with Crippen LogP contribution in [-0.4, -0.2) is 67.0 Å². The van der Waals surface area contributed by atoms with E-state index in [1.54, 1.807) is 67.6 Å². The third kappa shape index (κ3) is 7.30. The van der Waals surface area contributed by atoms with Gasteiger partial charge in [-0.15, -0.1) is 11.3 Å². The van der Waals surface area contributed by atoms with Gasteiger partial charge in [0.15, 0.2) is 11.5 Å². The number of carbonyl (C=O) groups is 4. The topological polar surface area (TPSA) is 150 Å². The van der Waals surface area contributed by atoms with Gasteiger partial charge in [0, 0.05) is 34.3 Å². The molecule has 6 unspecified atom stereocenters. The number of imide groups is 2. The van der Waals surface area contributed by atoms with Crippen molar-refractivity contribution >= 4 is 86.4 Å². The predicted octanol–water partition coefficient (Wildman–Crippen LogP) is 10.2. The largest absolute Gasteiger partial charge is 0.502 e. The number of aryl methyl sites for hydroxylation is 2. The summed E-state index contributed by atoms with van der Waals surface area (Å²) in [5.41, 5.74) is 3.86. The van der Waals surface area contributed by atoms with Crippen LogP contribution >= 0.6 is 22.9 Å². The highest BCUT2D eigenvalue weighted by Crippen LogP contribution is 2.61. The van der Waals surface area contributed by atoms with Gasteiger partial charge in [-0.1, -0.05) is 59.7 Å². The molecule has 1 N–H and O–H groups in total. The zero-order chi connectivity index (χ0) is 48.6. The maximum Gasteiger partial charge on any atom is 0.242 e. The Morgan fingerprint density at radius 2 is 1.51 bits per heavy atom. The first-order chi connectivity index (χ1) is 33.2. The van der Waals surface area contributed by atoms with Gasteiger partial charge in [0.2, 0.25) is 29.4 Å². The van der Waals surface area contributed by atoms with Crippen molar-refractivity contribution in [3.8, 4) is 39.3 Å². The fraction of sp³-hybridized carbons (Fsp3) is 0.278. The quantitative estimate of drug-likeness (QED) is 0.0755. The average molecular weight is 966 g/mol. The maximum atomic E-state index is 15.3. The molecule has 4 aliphatic rings. The number of amides is 4. The van der Waals surface area contributed by atoms with E-state index in [-0.39, 0.29) is 41.9 Å². The molecule has 4 aromatic carbocycles. The Bertz CT molecular complexity index is 3200. The number of phenolic OH excluding ortho intramolecular Hbond substituents is 1. The summed E-state index contributed by atoms with van der Waals surface area (Å²) in [5.74, 6) is -3.00. The third-order valence-electron chi connectivity index (χ3n) is 14.6. The summed E-state index contributed by atoms with van der Waals surface area (Å²) in [5, 5.41) is 17.2. The van der Waals surface area contributed by atoms with Crippen LogP contribution in [0.3, 0.4) is 0 Å². The highest BCUT2D eigenvalue weighted by molar-refractivity contribution is 7.22. The van der Waals surface area contributed by atoms with E-state index in [4.69, 9.17) is 35.6 Å². The van der Waals surface area contributed by atoms with Gasteiger partial charge in [0.1, 0.15) is 23.0 Å². The fourth-order valence-electron chi connectivity index (χ4n) is 11.0. The monoisotopic (exact) mass is 964 g/mol. The normalized spacial score (nSPS) is 23.2. The molecule has 6 aromatic rings. The molecule has 69 heavy (non-hydrogen) atoms. The Labute approximate surface area is 407 Å². The van der Waals surface area contributed by atoms with Crippen LogP contribution < -0.4 is 28.7 Å². The number of methoxy groups -OCH3 is 4. The van der Waals surface area contributed by atoms with E-state index in [1.165, 1.54) is 24.0 Å². The lowest BCUT2D eigenvalue weighted by Gasteiger charge is -2.47. The first-order valence-electron chi connectivity index (χ1n) is 22.5. The van der Waals surface area contributed by atoms with Gasteiger partial charge in [0.05, 0.1) is 62.2 Å². The molecule has 13 nitrogen and oxygen atoms in total. The van der Waals surface area contributed by atoms with E-state index in [9.17, 15) is 14.7 Å². The zero-order valence-electron chi connectivity index (χ0n) is 39.0. The first kappa shape index (κ1) is 45.6. The number of hydrogen-bond acceptors (Lipinski definition) is 11. The Kier molecular flexibility index (Phi) is 11.5. The number of aromatic hydroxyl groups is 1. The van der Waals surface area contributed by atoms with Crippen molar-refractivity contribution in [2.45, 2.75) is 26.7 Å². The molecule has 15 heteroatoms. The lowest BCUT2D eigenvalue weighted by molar-refractivity contribution is -0.132. The minimum absolute atomic E-state index is 0.158. The van der Waals surface area contributed by atoms with Gasteiger partial charge in [-0.25, -0.2) is 4.90 Å². The summed E-state index contributed by atoms with van der Waals surface area (Å²) < 4.78 is 24.4. The number of phenols is 1. The van der Waals surface area contributed by atoms with Crippen molar-refractivity contribution < 1.29 is 43.2 Å². The van der Waals surface area contributed by atoms with E-state index in [0.717, 1.165) is 37.2 Å². The smallest absolute Gasteiger partial charge is 0.242 e. The molecule has 4 heterocycles. The number of nitrogens with zero attached hydrogens (tertiary/aromatic N) is 4. The molecule has 0 bridgehead atoms.